The van der Waals surface area contributed by atoms with E-state index in [1.807, 2.05) is 32.0 Å². The molecule has 3 rings (SSSR count). The van der Waals surface area contributed by atoms with Gasteiger partial charge in [0.15, 0.2) is 5.82 Å². The summed E-state index contributed by atoms with van der Waals surface area (Å²) in [5, 5.41) is 0.883. The van der Waals surface area contributed by atoms with Crippen molar-refractivity contribution in [1.29, 1.82) is 0 Å². The molecule has 120 valence electrons. The van der Waals surface area contributed by atoms with Crippen LogP contribution in [0.2, 0.25) is 0 Å². The van der Waals surface area contributed by atoms with Crippen LogP contribution in [0.15, 0.2) is 29.4 Å². The van der Waals surface area contributed by atoms with Gasteiger partial charge in [-0.05, 0) is 45.2 Å². The van der Waals surface area contributed by atoms with Crippen molar-refractivity contribution in [1.82, 2.24) is 15.0 Å². The monoisotopic (exact) mass is 329 g/mol. The van der Waals surface area contributed by atoms with Gasteiger partial charge >= 0.3 is 5.97 Å². The summed E-state index contributed by atoms with van der Waals surface area (Å²) in [6, 6.07) is 5.69. The molecule has 0 saturated carbocycles. The highest BCUT2D eigenvalue weighted by atomic mass is 32.2. The molecule has 5 nitrogen and oxygen atoms in total. The highest BCUT2D eigenvalue weighted by molar-refractivity contribution is 7.99. The van der Waals surface area contributed by atoms with E-state index in [9.17, 15) is 4.79 Å². The van der Waals surface area contributed by atoms with Crippen LogP contribution in [0, 0.1) is 0 Å². The van der Waals surface area contributed by atoms with E-state index in [0.29, 0.717) is 5.82 Å². The number of carbonyl (C=O) groups is 1. The lowest BCUT2D eigenvalue weighted by Crippen LogP contribution is -2.13. The van der Waals surface area contributed by atoms with Crippen molar-refractivity contribution in [2.24, 2.45) is 0 Å². The van der Waals surface area contributed by atoms with Gasteiger partial charge in [0.05, 0.1) is 11.9 Å². The largest absolute Gasteiger partial charge is 0.462 e. The van der Waals surface area contributed by atoms with E-state index in [1.54, 1.807) is 6.20 Å². The number of carbonyl (C=O) groups excluding carboxylic acids is 1. The predicted molar refractivity (Wildman–Crippen MR) is 89.2 cm³/mol. The maximum Gasteiger partial charge on any atom is 0.316 e. The molecule has 0 aromatic carbocycles. The van der Waals surface area contributed by atoms with Crippen molar-refractivity contribution in [2.45, 2.75) is 44.2 Å². The minimum Gasteiger partial charge on any atom is -0.462 e. The van der Waals surface area contributed by atoms with Gasteiger partial charge in [0, 0.05) is 17.5 Å². The molecule has 2 aromatic heterocycles. The number of esters is 1. The van der Waals surface area contributed by atoms with E-state index < -0.39 is 0 Å². The molecule has 0 N–H and O–H groups in total. The molecule has 0 atom stereocenters. The van der Waals surface area contributed by atoms with Gasteiger partial charge in [-0.3, -0.25) is 9.78 Å². The van der Waals surface area contributed by atoms with E-state index in [0.717, 1.165) is 35.7 Å². The molecule has 2 heterocycles. The van der Waals surface area contributed by atoms with Gasteiger partial charge in [-0.25, -0.2) is 9.97 Å². The molecule has 0 saturated heterocycles. The van der Waals surface area contributed by atoms with Crippen LogP contribution in [-0.4, -0.2) is 32.8 Å². The Morgan fingerprint density at radius 2 is 2.17 bits per heavy atom. The number of aromatic nitrogens is 3. The first-order chi connectivity index (χ1) is 11.1. The summed E-state index contributed by atoms with van der Waals surface area (Å²) in [4.78, 5) is 25.4. The first-order valence-electron chi connectivity index (χ1n) is 7.77. The molecular formula is C17H19N3O2S. The molecule has 1 aliphatic carbocycles. The van der Waals surface area contributed by atoms with Gasteiger partial charge in [-0.15, -0.1) is 0 Å². The van der Waals surface area contributed by atoms with Crippen molar-refractivity contribution >= 4 is 17.7 Å². The number of fused-ring (bicyclic) bond motifs is 1. The number of thioether (sulfide) groups is 1. The number of pyridine rings is 1. The smallest absolute Gasteiger partial charge is 0.316 e. The maximum absolute atomic E-state index is 11.8. The summed E-state index contributed by atoms with van der Waals surface area (Å²) in [5.74, 6) is 0.684. The average molecular weight is 329 g/mol. The fourth-order valence-corrected chi connectivity index (χ4v) is 3.42. The number of nitrogens with zero attached hydrogens (tertiary/aromatic N) is 3. The standard InChI is InChI=1S/C17H19N3O2S/c1-11(2)22-15(21)10-23-17-12-6-5-8-13(12)19-16(20-17)14-7-3-4-9-18-14/h3-4,7,9,11H,5-6,8,10H2,1-2H3. The highest BCUT2D eigenvalue weighted by Crippen LogP contribution is 2.31. The number of ether oxygens (including phenoxy) is 1. The van der Waals surface area contributed by atoms with Crippen LogP contribution in [-0.2, 0) is 22.4 Å². The van der Waals surface area contributed by atoms with Crippen LogP contribution in [0.1, 0.15) is 31.5 Å². The van der Waals surface area contributed by atoms with Crippen molar-refractivity contribution < 1.29 is 9.53 Å². The molecule has 0 unspecified atom stereocenters. The van der Waals surface area contributed by atoms with Crippen LogP contribution in [0.4, 0.5) is 0 Å². The minimum atomic E-state index is -0.213. The van der Waals surface area contributed by atoms with Crippen LogP contribution in [0.5, 0.6) is 0 Å². The van der Waals surface area contributed by atoms with Crippen molar-refractivity contribution in [3.05, 3.63) is 35.7 Å². The summed E-state index contributed by atoms with van der Waals surface area (Å²) in [6.07, 6.45) is 4.66. The Hall–Kier alpha value is -1.95. The van der Waals surface area contributed by atoms with Crippen LogP contribution in [0.3, 0.4) is 0 Å². The highest BCUT2D eigenvalue weighted by Gasteiger charge is 2.21. The van der Waals surface area contributed by atoms with Crippen LogP contribution < -0.4 is 0 Å². The van der Waals surface area contributed by atoms with Crippen LogP contribution >= 0.6 is 11.8 Å². The molecule has 0 radical (unpaired) electrons. The zero-order valence-corrected chi connectivity index (χ0v) is 14.1. The molecule has 0 aliphatic heterocycles. The van der Waals surface area contributed by atoms with E-state index in [1.165, 1.54) is 17.3 Å². The maximum atomic E-state index is 11.8. The second kappa shape index (κ2) is 7.08. The van der Waals surface area contributed by atoms with Crippen molar-refractivity contribution in [3.63, 3.8) is 0 Å². The molecule has 6 heteroatoms. The Balaban J connectivity index is 1.84. The third kappa shape index (κ3) is 3.88. The second-order valence-corrected chi connectivity index (χ2v) is 6.64. The third-order valence-electron chi connectivity index (χ3n) is 3.48. The molecule has 1 aliphatic rings. The lowest BCUT2D eigenvalue weighted by molar-refractivity contribution is -0.144. The van der Waals surface area contributed by atoms with Gasteiger partial charge in [0.1, 0.15) is 10.7 Å². The minimum absolute atomic E-state index is 0.0942. The van der Waals surface area contributed by atoms with Gasteiger partial charge in [-0.2, -0.15) is 0 Å². The Morgan fingerprint density at radius 3 is 2.91 bits per heavy atom. The Kier molecular flexibility index (Phi) is 4.91. The second-order valence-electron chi connectivity index (χ2n) is 5.67. The SMILES string of the molecule is CC(C)OC(=O)CSc1nc(-c2ccccn2)nc2c1CCC2. The number of hydrogen-bond donors (Lipinski definition) is 0. The fourth-order valence-electron chi connectivity index (χ4n) is 2.55. The molecule has 0 amide bonds. The van der Waals surface area contributed by atoms with E-state index in [2.05, 4.69) is 15.0 Å². The number of aryl methyl sites for hydroxylation is 1. The molecule has 0 fully saturated rings. The van der Waals surface area contributed by atoms with Crippen molar-refractivity contribution in [2.75, 3.05) is 5.75 Å². The Morgan fingerprint density at radius 1 is 1.30 bits per heavy atom. The summed E-state index contributed by atoms with van der Waals surface area (Å²) in [6.45, 7) is 3.70. The Labute approximate surface area is 139 Å². The van der Waals surface area contributed by atoms with E-state index in [4.69, 9.17) is 4.74 Å². The molecule has 0 bridgehead atoms. The molecule has 23 heavy (non-hydrogen) atoms. The lowest BCUT2D eigenvalue weighted by atomic mass is 10.2. The summed E-state index contributed by atoms with van der Waals surface area (Å²) in [7, 11) is 0. The lowest BCUT2D eigenvalue weighted by Gasteiger charge is -2.10. The average Bonchev–Trinajstić information content (AvgIpc) is 3.01. The number of rotatable bonds is 5. The van der Waals surface area contributed by atoms with Crippen molar-refractivity contribution in [3.8, 4) is 11.5 Å². The molecular weight excluding hydrogens is 310 g/mol. The quantitative estimate of drug-likeness (QED) is 0.477. The van der Waals surface area contributed by atoms with Gasteiger partial charge in [0.25, 0.3) is 0 Å². The van der Waals surface area contributed by atoms with Crippen LogP contribution in [0.25, 0.3) is 11.5 Å². The molecule has 0 spiro atoms. The third-order valence-corrected chi connectivity index (χ3v) is 4.47. The van der Waals surface area contributed by atoms with Gasteiger partial charge in [0.2, 0.25) is 0 Å². The topological polar surface area (TPSA) is 65.0 Å². The zero-order valence-electron chi connectivity index (χ0n) is 13.3. The normalized spacial score (nSPS) is 13.2. The summed E-state index contributed by atoms with van der Waals surface area (Å²) < 4.78 is 5.19. The number of hydrogen-bond acceptors (Lipinski definition) is 6. The van der Waals surface area contributed by atoms with E-state index in [-0.39, 0.29) is 17.8 Å². The van der Waals surface area contributed by atoms with Gasteiger partial charge in [-0.1, -0.05) is 17.8 Å². The zero-order chi connectivity index (χ0) is 16.2. The Bertz CT molecular complexity index is 704. The predicted octanol–water partition coefficient (Wildman–Crippen LogP) is 3.07. The first kappa shape index (κ1) is 15.9. The summed E-state index contributed by atoms with van der Waals surface area (Å²) in [5.41, 5.74) is 3.02. The fraction of sp³-hybridized carbons (Fsp3) is 0.412. The first-order valence-corrected chi connectivity index (χ1v) is 8.75. The van der Waals surface area contributed by atoms with E-state index >= 15 is 0 Å². The molecule has 2 aromatic rings. The summed E-state index contributed by atoms with van der Waals surface area (Å²) >= 11 is 1.43. The van der Waals surface area contributed by atoms with Gasteiger partial charge < -0.3 is 4.74 Å².